The predicted octanol–water partition coefficient (Wildman–Crippen LogP) is 2.86. The van der Waals surface area contributed by atoms with Gasteiger partial charge < -0.3 is 4.74 Å². The summed E-state index contributed by atoms with van der Waals surface area (Å²) in [5, 5.41) is 1.92. The minimum absolute atomic E-state index is 0.432. The van der Waals surface area contributed by atoms with E-state index in [0.29, 0.717) is 0 Å². The first-order valence-corrected chi connectivity index (χ1v) is 6.56. The Kier molecular flexibility index (Phi) is 5.01. The number of carbonyl (C=O) groups is 1. The average Bonchev–Trinajstić information content (AvgIpc) is 2.25. The van der Waals surface area contributed by atoms with Gasteiger partial charge in [0, 0.05) is 0 Å². The van der Waals surface area contributed by atoms with Crippen LogP contribution in [0.3, 0.4) is 0 Å². The van der Waals surface area contributed by atoms with E-state index in [1.54, 1.807) is 20.8 Å². The second-order valence-electron chi connectivity index (χ2n) is 4.76. The highest BCUT2D eigenvalue weighted by Crippen LogP contribution is 2.26. The fraction of sp³-hybridized carbons (Fsp3) is 0.364. The van der Waals surface area contributed by atoms with Crippen molar-refractivity contribution in [3.63, 3.8) is 0 Å². The molecule has 0 spiro atoms. The topological polar surface area (TPSA) is 87.7 Å². The Hall–Kier alpha value is -1.74. The van der Waals surface area contributed by atoms with Crippen LogP contribution in [0.1, 0.15) is 20.8 Å². The van der Waals surface area contributed by atoms with Crippen LogP contribution in [0.4, 0.5) is 25.0 Å². The Balaban J connectivity index is 3.00. The van der Waals surface area contributed by atoms with E-state index < -0.39 is 46.0 Å². The number of ether oxygens (including phenoxy) is 1. The molecule has 1 amide bonds. The van der Waals surface area contributed by atoms with Crippen molar-refractivity contribution in [1.82, 2.24) is 0 Å². The fourth-order valence-electron chi connectivity index (χ4n) is 1.25. The van der Waals surface area contributed by atoms with Gasteiger partial charge in [-0.1, -0.05) is 0 Å². The minimum Gasteiger partial charge on any atom is -0.444 e. The van der Waals surface area contributed by atoms with Crippen LogP contribution in [0.15, 0.2) is 12.1 Å². The first-order chi connectivity index (χ1) is 9.10. The zero-order chi connectivity index (χ0) is 15.5. The van der Waals surface area contributed by atoms with Gasteiger partial charge in [0.15, 0.2) is 5.82 Å². The lowest BCUT2D eigenvalue weighted by Gasteiger charge is -2.20. The maximum Gasteiger partial charge on any atom is 0.412 e. The number of nitrogens with one attached hydrogen (secondary N) is 2. The van der Waals surface area contributed by atoms with Crippen LogP contribution in [0.25, 0.3) is 0 Å². The molecule has 1 aromatic carbocycles. The predicted molar refractivity (Wildman–Crippen MR) is 70.6 cm³/mol. The van der Waals surface area contributed by atoms with Crippen LogP contribution in [-0.4, -0.2) is 20.5 Å². The molecule has 1 aromatic rings. The number of anilines is 2. The molecular formula is C11H14F2N2O4S. The lowest BCUT2D eigenvalue weighted by molar-refractivity contribution is 0.0634. The number of hydrogen-bond donors (Lipinski definition) is 3. The summed E-state index contributed by atoms with van der Waals surface area (Å²) in [7, 11) is 0. The Morgan fingerprint density at radius 2 is 1.95 bits per heavy atom. The highest BCUT2D eigenvalue weighted by molar-refractivity contribution is 7.80. The van der Waals surface area contributed by atoms with E-state index in [9.17, 15) is 17.8 Å². The van der Waals surface area contributed by atoms with E-state index in [1.807, 2.05) is 10.0 Å². The third kappa shape index (κ3) is 4.74. The lowest BCUT2D eigenvalue weighted by atomic mass is 10.2. The van der Waals surface area contributed by atoms with Gasteiger partial charge in [-0.3, -0.25) is 14.6 Å². The first-order valence-electron chi connectivity index (χ1n) is 5.45. The fourth-order valence-corrected chi connectivity index (χ4v) is 1.59. The maximum atomic E-state index is 13.9. The number of amides is 1. The molecule has 1 unspecified atom stereocenters. The molecule has 3 N–H and O–H groups in total. The zero-order valence-electron chi connectivity index (χ0n) is 11.0. The second-order valence-corrected chi connectivity index (χ2v) is 5.46. The summed E-state index contributed by atoms with van der Waals surface area (Å²) < 4.78 is 53.2. The third-order valence-corrected chi connectivity index (χ3v) is 2.31. The molecule has 0 fully saturated rings. The van der Waals surface area contributed by atoms with Crippen molar-refractivity contribution < 1.29 is 27.1 Å². The van der Waals surface area contributed by atoms with E-state index in [2.05, 4.69) is 0 Å². The molecule has 0 aliphatic rings. The highest BCUT2D eigenvalue weighted by Gasteiger charge is 2.21. The molecule has 0 saturated heterocycles. The maximum absolute atomic E-state index is 13.9. The third-order valence-electron chi connectivity index (χ3n) is 1.91. The van der Waals surface area contributed by atoms with Crippen molar-refractivity contribution in [2.24, 2.45) is 0 Å². The van der Waals surface area contributed by atoms with Crippen molar-refractivity contribution in [3.05, 3.63) is 23.8 Å². The molecule has 1 atom stereocenters. The molecule has 0 aliphatic heterocycles. The van der Waals surface area contributed by atoms with E-state index in [1.165, 1.54) is 0 Å². The van der Waals surface area contributed by atoms with Crippen molar-refractivity contribution in [2.75, 3.05) is 10.0 Å². The molecule has 112 valence electrons. The van der Waals surface area contributed by atoms with Gasteiger partial charge in [-0.25, -0.2) is 17.8 Å². The molecule has 0 aliphatic carbocycles. The Morgan fingerprint density at radius 1 is 1.35 bits per heavy atom. The van der Waals surface area contributed by atoms with Crippen LogP contribution >= 0.6 is 0 Å². The number of benzene rings is 1. The van der Waals surface area contributed by atoms with Crippen molar-refractivity contribution >= 4 is 28.7 Å². The normalized spacial score (nSPS) is 12.7. The number of rotatable bonds is 3. The summed E-state index contributed by atoms with van der Waals surface area (Å²) in [4.78, 5) is 11.5. The molecule has 0 bridgehead atoms. The van der Waals surface area contributed by atoms with E-state index in [0.717, 1.165) is 12.1 Å². The number of halogens is 2. The van der Waals surface area contributed by atoms with E-state index >= 15 is 0 Å². The summed E-state index contributed by atoms with van der Waals surface area (Å²) >= 11 is -2.53. The Bertz CT molecular complexity index is 546. The molecule has 0 aromatic heterocycles. The van der Waals surface area contributed by atoms with E-state index in [4.69, 9.17) is 9.29 Å². The summed E-state index contributed by atoms with van der Waals surface area (Å²) in [5.41, 5.74) is -2.03. The summed E-state index contributed by atoms with van der Waals surface area (Å²) in [6, 6.07) is 1.77. The van der Waals surface area contributed by atoms with Gasteiger partial charge in [-0.15, -0.1) is 0 Å². The summed E-state index contributed by atoms with van der Waals surface area (Å²) in [6.45, 7) is 4.77. The van der Waals surface area contributed by atoms with Gasteiger partial charge in [0.25, 0.3) is 11.3 Å². The SMILES string of the molecule is CC(C)(C)OC(=O)Nc1c(F)ccc(NS(=O)O)c1F. The van der Waals surface area contributed by atoms with Crippen molar-refractivity contribution in [2.45, 2.75) is 26.4 Å². The molecule has 1 rings (SSSR count). The van der Waals surface area contributed by atoms with Crippen LogP contribution in [0.5, 0.6) is 0 Å². The van der Waals surface area contributed by atoms with Crippen molar-refractivity contribution in [1.29, 1.82) is 0 Å². The van der Waals surface area contributed by atoms with Crippen LogP contribution in [-0.2, 0) is 16.0 Å². The Labute approximate surface area is 116 Å². The van der Waals surface area contributed by atoms with Gasteiger partial charge >= 0.3 is 6.09 Å². The smallest absolute Gasteiger partial charge is 0.412 e. The first kappa shape index (κ1) is 16.3. The van der Waals surface area contributed by atoms with Gasteiger partial charge in [0.1, 0.15) is 17.1 Å². The largest absolute Gasteiger partial charge is 0.444 e. The van der Waals surface area contributed by atoms with Gasteiger partial charge in [-0.05, 0) is 32.9 Å². The summed E-state index contributed by atoms with van der Waals surface area (Å²) in [6.07, 6.45) is -1.04. The summed E-state index contributed by atoms with van der Waals surface area (Å²) in [5.74, 6) is -2.25. The van der Waals surface area contributed by atoms with Gasteiger partial charge in [0.2, 0.25) is 0 Å². The molecule has 0 radical (unpaired) electrons. The molecule has 9 heteroatoms. The molecular weight excluding hydrogens is 294 g/mol. The van der Waals surface area contributed by atoms with Crippen LogP contribution < -0.4 is 10.0 Å². The lowest BCUT2D eigenvalue weighted by Crippen LogP contribution is -2.28. The number of hydrogen-bond acceptors (Lipinski definition) is 3. The quantitative estimate of drug-likeness (QED) is 0.749. The van der Waals surface area contributed by atoms with E-state index in [-0.39, 0.29) is 0 Å². The monoisotopic (exact) mass is 308 g/mol. The standard InChI is InChI=1S/C11H14F2N2O4S/c1-11(2,3)19-10(16)14-9-6(12)4-5-7(8(9)13)15-20(17)18/h4-5,15H,1-3H3,(H,14,16)(H,17,18). The van der Waals surface area contributed by atoms with Gasteiger partial charge in [-0.2, -0.15) is 0 Å². The Morgan fingerprint density at radius 3 is 2.45 bits per heavy atom. The molecule has 0 saturated carbocycles. The van der Waals surface area contributed by atoms with Crippen LogP contribution in [0.2, 0.25) is 0 Å². The second kappa shape index (κ2) is 6.14. The van der Waals surface area contributed by atoms with Crippen molar-refractivity contribution in [3.8, 4) is 0 Å². The number of carbonyl (C=O) groups excluding carboxylic acids is 1. The highest BCUT2D eigenvalue weighted by atomic mass is 32.2. The van der Waals surface area contributed by atoms with Gasteiger partial charge in [0.05, 0.1) is 5.69 Å². The zero-order valence-corrected chi connectivity index (χ0v) is 11.8. The average molecular weight is 308 g/mol. The minimum atomic E-state index is -2.53. The molecule has 0 heterocycles. The molecule has 20 heavy (non-hydrogen) atoms. The van der Waals surface area contributed by atoms with Crippen LogP contribution in [0, 0.1) is 11.6 Å². The molecule has 6 nitrogen and oxygen atoms in total.